The van der Waals surface area contributed by atoms with Gasteiger partial charge in [-0.3, -0.25) is 0 Å². The van der Waals surface area contributed by atoms with Crippen LogP contribution in [0.25, 0.3) is 0 Å². The molecule has 0 bridgehead atoms. The summed E-state index contributed by atoms with van der Waals surface area (Å²) in [5.74, 6) is -0.350. The summed E-state index contributed by atoms with van der Waals surface area (Å²) in [5.41, 5.74) is 1.85. The summed E-state index contributed by atoms with van der Waals surface area (Å²) in [5, 5.41) is 3.70. The van der Waals surface area contributed by atoms with Gasteiger partial charge in [0.1, 0.15) is 17.1 Å². The molecule has 0 aliphatic heterocycles. The zero-order chi connectivity index (χ0) is 19.3. The number of halogens is 1. The molecule has 0 amide bonds. The number of anilines is 1. The molecule has 2 rings (SSSR count). The van der Waals surface area contributed by atoms with Crippen molar-refractivity contribution in [1.29, 1.82) is 0 Å². The fraction of sp³-hybridized carbons (Fsp3) is 0.368. The van der Waals surface area contributed by atoms with Crippen LogP contribution in [-0.4, -0.2) is 25.2 Å². The molecule has 0 spiro atoms. The number of aryl methyl sites for hydroxylation is 2. The summed E-state index contributed by atoms with van der Waals surface area (Å²) in [4.78, 5) is 24.5. The van der Waals surface area contributed by atoms with Gasteiger partial charge >= 0.3 is 11.9 Å². The second kappa shape index (κ2) is 8.76. The molecular formula is C19H22ClNO5. The highest BCUT2D eigenvalue weighted by atomic mass is 35.5. The Morgan fingerprint density at radius 2 is 1.85 bits per heavy atom. The predicted octanol–water partition coefficient (Wildman–Crippen LogP) is 4.44. The average molecular weight is 380 g/mol. The summed E-state index contributed by atoms with van der Waals surface area (Å²) >= 11 is 5.98. The van der Waals surface area contributed by atoms with Crippen LogP contribution in [0.15, 0.2) is 28.7 Å². The quantitative estimate of drug-likeness (QED) is 0.716. The van der Waals surface area contributed by atoms with Gasteiger partial charge in [-0.15, -0.1) is 0 Å². The number of furan rings is 1. The maximum atomic E-state index is 12.5. The number of hydrogen-bond acceptors (Lipinski definition) is 6. The molecule has 26 heavy (non-hydrogen) atoms. The van der Waals surface area contributed by atoms with E-state index >= 15 is 0 Å². The number of ether oxygens (including phenoxy) is 2. The molecule has 0 fully saturated rings. The molecule has 1 aromatic carbocycles. The molecular weight excluding hydrogens is 358 g/mol. The zero-order valence-electron chi connectivity index (χ0n) is 15.2. The van der Waals surface area contributed by atoms with Gasteiger partial charge in [-0.05, 0) is 57.5 Å². The first-order valence-electron chi connectivity index (χ1n) is 8.34. The van der Waals surface area contributed by atoms with E-state index < -0.39 is 18.0 Å². The van der Waals surface area contributed by atoms with Gasteiger partial charge in [0.2, 0.25) is 0 Å². The Morgan fingerprint density at radius 3 is 2.46 bits per heavy atom. The maximum Gasteiger partial charge on any atom is 0.341 e. The molecule has 1 N–H and O–H groups in total. The normalized spacial score (nSPS) is 11.7. The molecule has 0 saturated heterocycles. The second-order valence-corrected chi connectivity index (χ2v) is 6.06. The maximum absolute atomic E-state index is 12.5. The number of hydrogen-bond donors (Lipinski definition) is 1. The van der Waals surface area contributed by atoms with Gasteiger partial charge in [0.25, 0.3) is 0 Å². The molecule has 2 aromatic rings. The Morgan fingerprint density at radius 1 is 1.15 bits per heavy atom. The van der Waals surface area contributed by atoms with Crippen molar-refractivity contribution < 1.29 is 23.5 Å². The van der Waals surface area contributed by atoms with Gasteiger partial charge in [0, 0.05) is 10.7 Å². The first kappa shape index (κ1) is 19.8. The highest BCUT2D eigenvalue weighted by Crippen LogP contribution is 2.28. The second-order valence-electron chi connectivity index (χ2n) is 5.63. The van der Waals surface area contributed by atoms with E-state index in [1.165, 1.54) is 6.07 Å². The third-order valence-electron chi connectivity index (χ3n) is 3.73. The minimum absolute atomic E-state index is 0.223. The molecule has 1 atom stereocenters. The van der Waals surface area contributed by atoms with Gasteiger partial charge in [-0.2, -0.15) is 0 Å². The highest BCUT2D eigenvalue weighted by molar-refractivity contribution is 6.30. The van der Waals surface area contributed by atoms with Gasteiger partial charge < -0.3 is 19.2 Å². The standard InChI is InChI=1S/C19H22ClNO5/c1-5-24-18(22)14-10-16(26-12(14)4)17(19(23)25-6-2)21-15-8-7-13(20)9-11(15)3/h7-10,17,21H,5-6H2,1-4H3. The van der Waals surface area contributed by atoms with Crippen LogP contribution in [0.5, 0.6) is 0 Å². The van der Waals surface area contributed by atoms with Crippen LogP contribution in [0.2, 0.25) is 5.02 Å². The molecule has 0 aliphatic carbocycles. The fourth-order valence-corrected chi connectivity index (χ4v) is 2.70. The Hall–Kier alpha value is -2.47. The average Bonchev–Trinajstić information content (AvgIpc) is 2.96. The lowest BCUT2D eigenvalue weighted by Crippen LogP contribution is -2.23. The predicted molar refractivity (Wildman–Crippen MR) is 98.6 cm³/mol. The van der Waals surface area contributed by atoms with Crippen molar-refractivity contribution in [3.8, 4) is 0 Å². The molecule has 7 heteroatoms. The van der Waals surface area contributed by atoms with Gasteiger partial charge in [-0.25, -0.2) is 9.59 Å². The van der Waals surface area contributed by atoms with Crippen molar-refractivity contribution in [1.82, 2.24) is 0 Å². The number of carbonyl (C=O) groups excluding carboxylic acids is 2. The molecule has 140 valence electrons. The lowest BCUT2D eigenvalue weighted by atomic mass is 10.1. The molecule has 1 unspecified atom stereocenters. The van der Waals surface area contributed by atoms with Gasteiger partial charge in [0.15, 0.2) is 6.04 Å². The SMILES string of the molecule is CCOC(=O)c1cc(C(Nc2ccc(Cl)cc2C)C(=O)OCC)oc1C. The van der Waals surface area contributed by atoms with Crippen LogP contribution in [-0.2, 0) is 14.3 Å². The Labute approximate surface area is 157 Å². The summed E-state index contributed by atoms with van der Waals surface area (Å²) in [6.45, 7) is 7.43. The smallest absolute Gasteiger partial charge is 0.341 e. The monoisotopic (exact) mass is 379 g/mol. The van der Waals surface area contributed by atoms with Crippen LogP contribution >= 0.6 is 11.6 Å². The van der Waals surface area contributed by atoms with Gasteiger partial charge in [-0.1, -0.05) is 11.6 Å². The number of esters is 2. The van der Waals surface area contributed by atoms with E-state index in [9.17, 15) is 9.59 Å². The van der Waals surface area contributed by atoms with Crippen molar-refractivity contribution in [2.24, 2.45) is 0 Å². The minimum Gasteiger partial charge on any atom is -0.464 e. The number of nitrogens with one attached hydrogen (secondary N) is 1. The molecule has 1 heterocycles. The van der Waals surface area contributed by atoms with Crippen LogP contribution in [0.4, 0.5) is 5.69 Å². The van der Waals surface area contributed by atoms with E-state index in [0.29, 0.717) is 16.5 Å². The first-order chi connectivity index (χ1) is 12.4. The molecule has 0 radical (unpaired) electrons. The Bertz CT molecular complexity index is 799. The number of benzene rings is 1. The van der Waals surface area contributed by atoms with Crippen LogP contribution < -0.4 is 5.32 Å². The highest BCUT2D eigenvalue weighted by Gasteiger charge is 2.28. The van der Waals surface area contributed by atoms with Crippen LogP contribution in [0.1, 0.15) is 47.3 Å². The Balaban J connectivity index is 2.37. The van der Waals surface area contributed by atoms with Crippen LogP contribution in [0.3, 0.4) is 0 Å². The summed E-state index contributed by atoms with van der Waals surface area (Å²) < 4.78 is 15.8. The van der Waals surface area contributed by atoms with E-state index in [1.807, 2.05) is 6.92 Å². The fourth-order valence-electron chi connectivity index (χ4n) is 2.48. The summed E-state index contributed by atoms with van der Waals surface area (Å²) in [6, 6.07) is 5.87. The molecule has 6 nitrogen and oxygen atoms in total. The molecule has 0 saturated carbocycles. The van der Waals surface area contributed by atoms with E-state index in [2.05, 4.69) is 5.32 Å². The lowest BCUT2D eigenvalue weighted by molar-refractivity contribution is -0.144. The number of rotatable bonds is 7. The van der Waals surface area contributed by atoms with E-state index in [4.69, 9.17) is 25.5 Å². The summed E-state index contributed by atoms with van der Waals surface area (Å²) in [6.07, 6.45) is 0. The van der Waals surface area contributed by atoms with Crippen molar-refractivity contribution in [3.05, 3.63) is 51.9 Å². The van der Waals surface area contributed by atoms with E-state index in [0.717, 1.165) is 5.56 Å². The third-order valence-corrected chi connectivity index (χ3v) is 3.96. The van der Waals surface area contributed by atoms with Crippen molar-refractivity contribution in [2.75, 3.05) is 18.5 Å². The third kappa shape index (κ3) is 4.58. The summed E-state index contributed by atoms with van der Waals surface area (Å²) in [7, 11) is 0. The van der Waals surface area contributed by atoms with Crippen molar-refractivity contribution in [2.45, 2.75) is 33.7 Å². The molecule has 0 aliphatic rings. The van der Waals surface area contributed by atoms with E-state index in [1.54, 1.807) is 39.0 Å². The Kier molecular flexibility index (Phi) is 6.69. The lowest BCUT2D eigenvalue weighted by Gasteiger charge is -2.18. The van der Waals surface area contributed by atoms with Gasteiger partial charge in [0.05, 0.1) is 13.2 Å². The molecule has 1 aromatic heterocycles. The van der Waals surface area contributed by atoms with E-state index in [-0.39, 0.29) is 24.5 Å². The topological polar surface area (TPSA) is 77.8 Å². The zero-order valence-corrected chi connectivity index (χ0v) is 16.0. The first-order valence-corrected chi connectivity index (χ1v) is 8.71. The minimum atomic E-state index is -0.906. The number of carbonyl (C=O) groups is 2. The van der Waals surface area contributed by atoms with Crippen molar-refractivity contribution in [3.63, 3.8) is 0 Å². The van der Waals surface area contributed by atoms with Crippen molar-refractivity contribution >= 4 is 29.2 Å². The van der Waals surface area contributed by atoms with Crippen LogP contribution in [0, 0.1) is 13.8 Å². The largest absolute Gasteiger partial charge is 0.464 e.